The van der Waals surface area contributed by atoms with Gasteiger partial charge in [0.1, 0.15) is 0 Å². The number of nitrogens with zero attached hydrogens (tertiary/aromatic N) is 2. The molecule has 68 valence electrons. The molecule has 0 atom stereocenters. The summed E-state index contributed by atoms with van der Waals surface area (Å²) in [5.74, 6) is -0.465. The van der Waals surface area contributed by atoms with Crippen molar-refractivity contribution >= 4 is 11.7 Å². The first kappa shape index (κ1) is 7.97. The normalized spacial score (nSPS) is 14.2. The van der Waals surface area contributed by atoms with Crippen LogP contribution in [0.5, 0.6) is 0 Å². The van der Waals surface area contributed by atoms with Gasteiger partial charge < -0.3 is 11.5 Å². The van der Waals surface area contributed by atoms with Gasteiger partial charge in [-0.2, -0.15) is 0 Å². The molecule has 0 aliphatic heterocycles. The molecule has 0 bridgehead atoms. The first-order valence-corrected chi connectivity index (χ1v) is 4.13. The minimum Gasteiger partial charge on any atom is -0.382 e. The molecule has 1 aliphatic rings. The SMILES string of the molecule is NC(=O)c1nc2c(nc1N)CCC2. The molecule has 1 aliphatic carbocycles. The quantitative estimate of drug-likeness (QED) is 0.614. The molecule has 0 aromatic carbocycles. The lowest BCUT2D eigenvalue weighted by Gasteiger charge is -2.03. The fraction of sp³-hybridized carbons (Fsp3) is 0.375. The Balaban J connectivity index is 2.55. The third-order valence-electron chi connectivity index (χ3n) is 2.14. The molecule has 0 radical (unpaired) electrons. The van der Waals surface area contributed by atoms with Crippen molar-refractivity contribution in [3.05, 3.63) is 17.1 Å². The molecule has 0 fully saturated rings. The van der Waals surface area contributed by atoms with Crippen LogP contribution < -0.4 is 11.5 Å². The molecule has 0 saturated heterocycles. The molecule has 1 aromatic rings. The summed E-state index contributed by atoms with van der Waals surface area (Å²) in [6.45, 7) is 0. The highest BCUT2D eigenvalue weighted by Gasteiger charge is 2.18. The Labute approximate surface area is 75.2 Å². The van der Waals surface area contributed by atoms with Gasteiger partial charge in [-0.1, -0.05) is 0 Å². The molecule has 5 heteroatoms. The molecule has 4 N–H and O–H groups in total. The maximum absolute atomic E-state index is 10.9. The smallest absolute Gasteiger partial charge is 0.271 e. The van der Waals surface area contributed by atoms with E-state index in [1.165, 1.54) is 0 Å². The summed E-state index contributed by atoms with van der Waals surface area (Å²) in [4.78, 5) is 19.0. The van der Waals surface area contributed by atoms with Gasteiger partial charge in [-0.05, 0) is 19.3 Å². The summed E-state index contributed by atoms with van der Waals surface area (Å²) >= 11 is 0. The molecule has 2 rings (SSSR count). The summed E-state index contributed by atoms with van der Waals surface area (Å²) in [7, 11) is 0. The van der Waals surface area contributed by atoms with Crippen molar-refractivity contribution in [2.75, 3.05) is 5.73 Å². The largest absolute Gasteiger partial charge is 0.382 e. The van der Waals surface area contributed by atoms with Gasteiger partial charge in [0.15, 0.2) is 11.5 Å². The summed E-state index contributed by atoms with van der Waals surface area (Å²) in [5, 5.41) is 0. The number of carbonyl (C=O) groups excluding carboxylic acids is 1. The lowest BCUT2D eigenvalue weighted by Crippen LogP contribution is -2.18. The average molecular weight is 178 g/mol. The second-order valence-electron chi connectivity index (χ2n) is 3.07. The van der Waals surface area contributed by atoms with Crippen molar-refractivity contribution < 1.29 is 4.79 Å². The molecule has 0 unspecified atom stereocenters. The Morgan fingerprint density at radius 3 is 2.46 bits per heavy atom. The average Bonchev–Trinajstić information content (AvgIpc) is 2.48. The van der Waals surface area contributed by atoms with E-state index < -0.39 is 5.91 Å². The monoisotopic (exact) mass is 178 g/mol. The van der Waals surface area contributed by atoms with E-state index in [0.717, 1.165) is 30.7 Å². The van der Waals surface area contributed by atoms with Crippen LogP contribution in [0.2, 0.25) is 0 Å². The van der Waals surface area contributed by atoms with Crippen molar-refractivity contribution in [3.8, 4) is 0 Å². The molecule has 1 aromatic heterocycles. The molecule has 1 amide bonds. The van der Waals surface area contributed by atoms with Crippen LogP contribution in [-0.2, 0) is 12.8 Å². The van der Waals surface area contributed by atoms with Crippen molar-refractivity contribution in [1.29, 1.82) is 0 Å². The van der Waals surface area contributed by atoms with Gasteiger partial charge in [0.25, 0.3) is 5.91 Å². The second-order valence-corrected chi connectivity index (χ2v) is 3.07. The number of carbonyl (C=O) groups is 1. The number of amides is 1. The maximum atomic E-state index is 10.9. The lowest BCUT2D eigenvalue weighted by atomic mass is 10.3. The lowest BCUT2D eigenvalue weighted by molar-refractivity contribution is 0.0996. The van der Waals surface area contributed by atoms with Gasteiger partial charge in [-0.3, -0.25) is 4.79 Å². The van der Waals surface area contributed by atoms with E-state index >= 15 is 0 Å². The number of fused-ring (bicyclic) bond motifs is 1. The highest BCUT2D eigenvalue weighted by molar-refractivity contribution is 5.95. The number of hydrogen-bond acceptors (Lipinski definition) is 4. The number of primary amides is 1. The highest BCUT2D eigenvalue weighted by Crippen LogP contribution is 2.20. The summed E-state index contributed by atoms with van der Waals surface area (Å²) < 4.78 is 0. The molecular formula is C8H10N4O. The maximum Gasteiger partial charge on any atom is 0.271 e. The Hall–Kier alpha value is -1.65. The van der Waals surface area contributed by atoms with Gasteiger partial charge >= 0.3 is 0 Å². The molecule has 0 spiro atoms. The summed E-state index contributed by atoms with van der Waals surface area (Å²) in [6, 6.07) is 0. The Morgan fingerprint density at radius 1 is 1.23 bits per heavy atom. The van der Waals surface area contributed by atoms with E-state index in [1.54, 1.807) is 0 Å². The number of anilines is 1. The first-order chi connectivity index (χ1) is 6.18. The summed E-state index contributed by atoms with van der Waals surface area (Å²) in [6.07, 6.45) is 2.78. The zero-order valence-corrected chi connectivity index (χ0v) is 7.08. The van der Waals surface area contributed by atoms with Crippen LogP contribution in [0, 0.1) is 0 Å². The van der Waals surface area contributed by atoms with E-state index in [4.69, 9.17) is 11.5 Å². The predicted octanol–water partition coefficient (Wildman–Crippen LogP) is -0.354. The van der Waals surface area contributed by atoms with E-state index in [9.17, 15) is 4.79 Å². The number of nitrogens with two attached hydrogens (primary N) is 2. The van der Waals surface area contributed by atoms with E-state index in [-0.39, 0.29) is 11.5 Å². The van der Waals surface area contributed by atoms with Crippen molar-refractivity contribution in [2.45, 2.75) is 19.3 Å². The first-order valence-electron chi connectivity index (χ1n) is 4.13. The van der Waals surface area contributed by atoms with Crippen LogP contribution in [0.25, 0.3) is 0 Å². The van der Waals surface area contributed by atoms with Crippen LogP contribution >= 0.6 is 0 Å². The summed E-state index contributed by atoms with van der Waals surface area (Å²) in [5.41, 5.74) is 12.5. The Bertz CT molecular complexity index is 375. The zero-order chi connectivity index (χ0) is 9.42. The fourth-order valence-electron chi connectivity index (χ4n) is 1.52. The minimum absolute atomic E-state index is 0.0978. The van der Waals surface area contributed by atoms with Crippen molar-refractivity contribution in [3.63, 3.8) is 0 Å². The van der Waals surface area contributed by atoms with E-state index in [1.807, 2.05) is 0 Å². The third-order valence-corrected chi connectivity index (χ3v) is 2.14. The third kappa shape index (κ3) is 1.22. The van der Waals surface area contributed by atoms with Crippen LogP contribution in [-0.4, -0.2) is 15.9 Å². The van der Waals surface area contributed by atoms with E-state index in [0.29, 0.717) is 0 Å². The second kappa shape index (κ2) is 2.69. The fourth-order valence-corrected chi connectivity index (χ4v) is 1.52. The number of nitrogen functional groups attached to an aromatic ring is 1. The molecular weight excluding hydrogens is 168 g/mol. The van der Waals surface area contributed by atoms with Gasteiger partial charge in [0, 0.05) is 0 Å². The molecule has 13 heavy (non-hydrogen) atoms. The number of hydrogen-bond donors (Lipinski definition) is 2. The molecule has 1 heterocycles. The van der Waals surface area contributed by atoms with Gasteiger partial charge in [0.2, 0.25) is 0 Å². The number of rotatable bonds is 1. The molecule has 0 saturated carbocycles. The predicted molar refractivity (Wildman–Crippen MR) is 47.0 cm³/mol. The number of aryl methyl sites for hydroxylation is 2. The van der Waals surface area contributed by atoms with Gasteiger partial charge in [-0.15, -0.1) is 0 Å². The highest BCUT2D eigenvalue weighted by atomic mass is 16.1. The Kier molecular flexibility index (Phi) is 1.65. The minimum atomic E-state index is -0.611. The van der Waals surface area contributed by atoms with Gasteiger partial charge in [-0.25, -0.2) is 9.97 Å². The Morgan fingerprint density at radius 2 is 1.85 bits per heavy atom. The van der Waals surface area contributed by atoms with Crippen molar-refractivity contribution in [2.24, 2.45) is 5.73 Å². The topological polar surface area (TPSA) is 94.9 Å². The van der Waals surface area contributed by atoms with Gasteiger partial charge in [0.05, 0.1) is 11.4 Å². The number of aromatic nitrogens is 2. The van der Waals surface area contributed by atoms with E-state index in [2.05, 4.69) is 9.97 Å². The van der Waals surface area contributed by atoms with Crippen LogP contribution in [0.3, 0.4) is 0 Å². The van der Waals surface area contributed by atoms with Crippen LogP contribution in [0.1, 0.15) is 28.3 Å². The molecule has 5 nitrogen and oxygen atoms in total. The van der Waals surface area contributed by atoms with Crippen LogP contribution in [0.15, 0.2) is 0 Å². The van der Waals surface area contributed by atoms with Crippen LogP contribution in [0.4, 0.5) is 5.82 Å². The standard InChI is InChI=1S/C8H10N4O/c9-7-6(8(10)13)11-4-2-1-3-5(4)12-7/h1-3H2,(H2,9,12)(H2,10,13). The zero-order valence-electron chi connectivity index (χ0n) is 7.08. The van der Waals surface area contributed by atoms with Crippen molar-refractivity contribution in [1.82, 2.24) is 9.97 Å².